The predicted octanol–water partition coefficient (Wildman–Crippen LogP) is 1.44. The van der Waals surface area contributed by atoms with Crippen LogP contribution in [0.5, 0.6) is 0 Å². The van der Waals surface area contributed by atoms with Gasteiger partial charge in [-0.25, -0.2) is 4.39 Å². The predicted molar refractivity (Wildman–Crippen MR) is 57.1 cm³/mol. The van der Waals surface area contributed by atoms with Crippen LogP contribution in [0.4, 0.5) is 15.8 Å². The summed E-state index contributed by atoms with van der Waals surface area (Å²) in [6.07, 6.45) is -0.401. The third kappa shape index (κ3) is 3.38. The van der Waals surface area contributed by atoms with Crippen molar-refractivity contribution in [2.24, 2.45) is 0 Å². The molecule has 0 fully saturated rings. The van der Waals surface area contributed by atoms with Gasteiger partial charge in [-0.2, -0.15) is 0 Å². The van der Waals surface area contributed by atoms with Crippen LogP contribution in [-0.4, -0.2) is 27.1 Å². The zero-order valence-corrected chi connectivity index (χ0v) is 8.79. The van der Waals surface area contributed by atoms with E-state index in [1.165, 1.54) is 20.3 Å². The summed E-state index contributed by atoms with van der Waals surface area (Å²) in [5.41, 5.74) is 6.19. The Morgan fingerprint density at radius 3 is 2.60 bits per heavy atom. The SMILES string of the molecule is COC(CNc1ccc(N)cc1F)OC. The lowest BCUT2D eigenvalue weighted by molar-refractivity contribution is -0.0914. The van der Waals surface area contributed by atoms with E-state index in [0.29, 0.717) is 17.9 Å². The Labute approximate surface area is 88.2 Å². The van der Waals surface area contributed by atoms with Crippen molar-refractivity contribution in [2.75, 3.05) is 31.8 Å². The van der Waals surface area contributed by atoms with Gasteiger partial charge in [0.15, 0.2) is 6.29 Å². The number of hydrogen-bond acceptors (Lipinski definition) is 4. The Kier molecular flexibility index (Phi) is 4.33. The molecule has 0 saturated carbocycles. The van der Waals surface area contributed by atoms with Crippen LogP contribution in [0.15, 0.2) is 18.2 Å². The Morgan fingerprint density at radius 1 is 1.40 bits per heavy atom. The summed E-state index contributed by atoms with van der Waals surface area (Å²) in [6, 6.07) is 4.46. The molecule has 0 bridgehead atoms. The number of nitrogen functional groups attached to an aromatic ring is 1. The zero-order chi connectivity index (χ0) is 11.3. The maximum Gasteiger partial charge on any atom is 0.173 e. The third-order valence-corrected chi connectivity index (χ3v) is 1.98. The number of hydrogen-bond donors (Lipinski definition) is 2. The van der Waals surface area contributed by atoms with Crippen LogP contribution < -0.4 is 11.1 Å². The molecule has 0 atom stereocenters. The van der Waals surface area contributed by atoms with Gasteiger partial charge in [0, 0.05) is 19.9 Å². The van der Waals surface area contributed by atoms with E-state index in [0.717, 1.165) is 0 Å². The minimum Gasteiger partial charge on any atom is -0.399 e. The van der Waals surface area contributed by atoms with Crippen LogP contribution in [-0.2, 0) is 9.47 Å². The Morgan fingerprint density at radius 2 is 2.07 bits per heavy atom. The van der Waals surface area contributed by atoms with Gasteiger partial charge in [-0.15, -0.1) is 0 Å². The van der Waals surface area contributed by atoms with Gasteiger partial charge in [0.05, 0.1) is 12.2 Å². The molecule has 3 N–H and O–H groups in total. The lowest BCUT2D eigenvalue weighted by atomic mass is 10.2. The highest BCUT2D eigenvalue weighted by Crippen LogP contribution is 2.16. The molecule has 0 aliphatic rings. The quantitative estimate of drug-likeness (QED) is 0.575. The van der Waals surface area contributed by atoms with E-state index in [9.17, 15) is 4.39 Å². The van der Waals surface area contributed by atoms with Crippen molar-refractivity contribution in [3.63, 3.8) is 0 Å². The van der Waals surface area contributed by atoms with Crippen LogP contribution in [0.2, 0.25) is 0 Å². The molecule has 5 heteroatoms. The molecule has 0 unspecified atom stereocenters. The van der Waals surface area contributed by atoms with E-state index in [4.69, 9.17) is 15.2 Å². The van der Waals surface area contributed by atoms with E-state index < -0.39 is 6.29 Å². The lowest BCUT2D eigenvalue weighted by Crippen LogP contribution is -2.23. The summed E-state index contributed by atoms with van der Waals surface area (Å²) in [4.78, 5) is 0. The van der Waals surface area contributed by atoms with Gasteiger partial charge >= 0.3 is 0 Å². The molecule has 1 aromatic carbocycles. The molecule has 4 nitrogen and oxygen atoms in total. The van der Waals surface area contributed by atoms with Crippen molar-refractivity contribution in [1.82, 2.24) is 0 Å². The average molecular weight is 214 g/mol. The fourth-order valence-corrected chi connectivity index (χ4v) is 1.13. The topological polar surface area (TPSA) is 56.5 Å². The van der Waals surface area contributed by atoms with Crippen molar-refractivity contribution in [1.29, 1.82) is 0 Å². The Balaban J connectivity index is 2.57. The third-order valence-electron chi connectivity index (χ3n) is 1.98. The maximum atomic E-state index is 13.3. The standard InChI is InChI=1S/C10H15FN2O2/c1-14-10(15-2)6-13-9-4-3-7(12)5-8(9)11/h3-5,10,13H,6,12H2,1-2H3. The summed E-state index contributed by atoms with van der Waals surface area (Å²) < 4.78 is 23.2. The van der Waals surface area contributed by atoms with E-state index in [2.05, 4.69) is 5.32 Å². The van der Waals surface area contributed by atoms with Crippen molar-refractivity contribution in [3.8, 4) is 0 Å². The lowest BCUT2D eigenvalue weighted by Gasteiger charge is -2.15. The minimum atomic E-state index is -0.401. The van der Waals surface area contributed by atoms with E-state index in [1.807, 2.05) is 0 Å². The summed E-state index contributed by atoms with van der Waals surface area (Å²) in [6.45, 7) is 0.369. The van der Waals surface area contributed by atoms with Crippen LogP contribution in [0, 0.1) is 5.82 Å². The molecule has 0 amide bonds. The summed E-state index contributed by atoms with van der Waals surface area (Å²) in [7, 11) is 3.05. The molecule has 84 valence electrons. The number of nitrogens with one attached hydrogen (secondary N) is 1. The molecule has 1 rings (SSSR count). The molecule has 0 spiro atoms. The zero-order valence-electron chi connectivity index (χ0n) is 8.79. The fraction of sp³-hybridized carbons (Fsp3) is 0.400. The molecular weight excluding hydrogens is 199 g/mol. The highest BCUT2D eigenvalue weighted by Gasteiger charge is 2.06. The van der Waals surface area contributed by atoms with Gasteiger partial charge in [-0.3, -0.25) is 0 Å². The van der Waals surface area contributed by atoms with Crippen LogP contribution in [0.25, 0.3) is 0 Å². The Bertz CT molecular complexity index is 316. The van der Waals surface area contributed by atoms with E-state index in [1.54, 1.807) is 12.1 Å². The first-order chi connectivity index (χ1) is 7.17. The van der Waals surface area contributed by atoms with Crippen molar-refractivity contribution in [3.05, 3.63) is 24.0 Å². The number of nitrogens with two attached hydrogens (primary N) is 1. The number of halogens is 1. The second kappa shape index (κ2) is 5.53. The smallest absolute Gasteiger partial charge is 0.173 e. The van der Waals surface area contributed by atoms with Gasteiger partial charge in [0.25, 0.3) is 0 Å². The van der Waals surface area contributed by atoms with E-state index in [-0.39, 0.29) is 5.82 Å². The first kappa shape index (κ1) is 11.7. The van der Waals surface area contributed by atoms with Gasteiger partial charge in [-0.05, 0) is 18.2 Å². The molecule has 0 heterocycles. The number of anilines is 2. The highest BCUT2D eigenvalue weighted by atomic mass is 19.1. The molecule has 0 aromatic heterocycles. The van der Waals surface area contributed by atoms with Gasteiger partial charge in [-0.1, -0.05) is 0 Å². The monoisotopic (exact) mass is 214 g/mol. The molecular formula is C10H15FN2O2. The van der Waals surface area contributed by atoms with Crippen LogP contribution >= 0.6 is 0 Å². The highest BCUT2D eigenvalue weighted by molar-refractivity contribution is 5.52. The van der Waals surface area contributed by atoms with Crippen molar-refractivity contribution < 1.29 is 13.9 Å². The number of rotatable bonds is 5. The Hall–Kier alpha value is -1.33. The largest absolute Gasteiger partial charge is 0.399 e. The summed E-state index contributed by atoms with van der Waals surface area (Å²) in [5, 5.41) is 2.86. The molecule has 1 aromatic rings. The molecule has 0 radical (unpaired) electrons. The fourth-order valence-electron chi connectivity index (χ4n) is 1.13. The second-order valence-corrected chi connectivity index (χ2v) is 3.02. The molecule has 15 heavy (non-hydrogen) atoms. The first-order valence-corrected chi connectivity index (χ1v) is 4.52. The van der Waals surface area contributed by atoms with Crippen LogP contribution in [0.3, 0.4) is 0 Å². The number of ether oxygens (including phenoxy) is 2. The van der Waals surface area contributed by atoms with E-state index >= 15 is 0 Å². The first-order valence-electron chi connectivity index (χ1n) is 4.52. The summed E-state index contributed by atoms with van der Waals surface area (Å²) >= 11 is 0. The average Bonchev–Trinajstić information content (AvgIpc) is 2.22. The van der Waals surface area contributed by atoms with Crippen molar-refractivity contribution >= 4 is 11.4 Å². The van der Waals surface area contributed by atoms with Gasteiger partial charge in [0.1, 0.15) is 5.82 Å². The second-order valence-electron chi connectivity index (χ2n) is 3.02. The summed E-state index contributed by atoms with van der Waals surface area (Å²) in [5.74, 6) is -0.388. The normalized spacial score (nSPS) is 10.7. The molecule has 0 saturated heterocycles. The van der Waals surface area contributed by atoms with Gasteiger partial charge in [0.2, 0.25) is 0 Å². The van der Waals surface area contributed by atoms with Crippen LogP contribution in [0.1, 0.15) is 0 Å². The molecule has 0 aliphatic carbocycles. The van der Waals surface area contributed by atoms with Crippen molar-refractivity contribution in [2.45, 2.75) is 6.29 Å². The number of methoxy groups -OCH3 is 2. The van der Waals surface area contributed by atoms with Gasteiger partial charge < -0.3 is 20.5 Å². The number of benzene rings is 1. The minimum absolute atomic E-state index is 0.369. The molecule has 0 aliphatic heterocycles. The maximum absolute atomic E-state index is 13.3.